The Morgan fingerprint density at radius 2 is 2.08 bits per heavy atom. The first-order valence-corrected chi connectivity index (χ1v) is 9.26. The lowest BCUT2D eigenvalue weighted by Gasteiger charge is -2.21. The lowest BCUT2D eigenvalue weighted by molar-refractivity contribution is -0.126. The molecular weight excluding hydrogens is 369 g/mol. The van der Waals surface area contributed by atoms with E-state index in [0.717, 1.165) is 41.8 Å². The van der Waals surface area contributed by atoms with Crippen molar-refractivity contribution in [3.8, 4) is 0 Å². The van der Waals surface area contributed by atoms with Crippen LogP contribution in [0, 0.1) is 0 Å². The number of nitrogens with one attached hydrogen (secondary N) is 1. The van der Waals surface area contributed by atoms with E-state index in [9.17, 15) is 4.79 Å². The maximum Gasteiger partial charge on any atom is 0.247 e. The van der Waals surface area contributed by atoms with E-state index in [1.807, 2.05) is 29.2 Å². The van der Waals surface area contributed by atoms with Crippen LogP contribution >= 0.6 is 23.2 Å². The van der Waals surface area contributed by atoms with Gasteiger partial charge in [-0.1, -0.05) is 41.4 Å². The lowest BCUT2D eigenvalue weighted by Crippen LogP contribution is -2.29. The van der Waals surface area contributed by atoms with E-state index in [1.54, 1.807) is 30.4 Å². The summed E-state index contributed by atoms with van der Waals surface area (Å²) in [5.41, 5.74) is 2.68. The van der Waals surface area contributed by atoms with Gasteiger partial charge in [-0.05, 0) is 48.7 Å². The summed E-state index contributed by atoms with van der Waals surface area (Å²) >= 11 is 12.1. The van der Waals surface area contributed by atoms with Crippen molar-refractivity contribution in [2.45, 2.75) is 18.9 Å². The van der Waals surface area contributed by atoms with Gasteiger partial charge in [-0.3, -0.25) is 4.79 Å². The molecular formula is C20H17Cl2N3O. The van der Waals surface area contributed by atoms with E-state index < -0.39 is 0 Å². The highest BCUT2D eigenvalue weighted by atomic mass is 35.5. The minimum absolute atomic E-state index is 0.0276. The quantitative estimate of drug-likeness (QED) is 0.626. The molecule has 26 heavy (non-hydrogen) atoms. The number of carbonyl (C=O) groups is 1. The molecule has 1 aliphatic rings. The molecule has 1 amide bonds. The third kappa shape index (κ3) is 3.35. The number of aromatic nitrogens is 2. The van der Waals surface area contributed by atoms with Crippen LogP contribution in [0.5, 0.6) is 0 Å². The van der Waals surface area contributed by atoms with Crippen molar-refractivity contribution < 1.29 is 4.79 Å². The maximum absolute atomic E-state index is 12.7. The Hall–Kier alpha value is -2.30. The van der Waals surface area contributed by atoms with Crippen LogP contribution in [0.4, 0.5) is 0 Å². The van der Waals surface area contributed by atoms with Crippen molar-refractivity contribution in [1.29, 1.82) is 0 Å². The number of likely N-dealkylation sites (tertiary alicyclic amines) is 1. The number of hydrogen-bond donors (Lipinski definition) is 1. The van der Waals surface area contributed by atoms with Gasteiger partial charge < -0.3 is 9.88 Å². The van der Waals surface area contributed by atoms with Crippen LogP contribution in [-0.4, -0.2) is 27.3 Å². The number of benzene rings is 2. The number of amides is 1. The van der Waals surface area contributed by atoms with E-state index in [0.29, 0.717) is 10.0 Å². The van der Waals surface area contributed by atoms with E-state index >= 15 is 0 Å². The molecule has 1 atom stereocenters. The second-order valence-corrected chi connectivity index (χ2v) is 7.17. The largest absolute Gasteiger partial charge is 0.340 e. The smallest absolute Gasteiger partial charge is 0.247 e. The number of aromatic amines is 1. The van der Waals surface area contributed by atoms with Gasteiger partial charge in [-0.2, -0.15) is 0 Å². The van der Waals surface area contributed by atoms with Crippen LogP contribution in [0.3, 0.4) is 0 Å². The second kappa shape index (κ2) is 7.14. The van der Waals surface area contributed by atoms with Crippen LogP contribution in [-0.2, 0) is 4.79 Å². The Morgan fingerprint density at radius 1 is 1.23 bits per heavy atom. The number of hydrogen-bond acceptors (Lipinski definition) is 2. The maximum atomic E-state index is 12.7. The minimum Gasteiger partial charge on any atom is -0.340 e. The molecule has 0 radical (unpaired) electrons. The van der Waals surface area contributed by atoms with Crippen LogP contribution in [0.1, 0.15) is 30.3 Å². The van der Waals surface area contributed by atoms with E-state index in [1.165, 1.54) is 0 Å². The normalized spacial score (nSPS) is 17.5. The minimum atomic E-state index is -0.0426. The molecule has 0 aliphatic carbocycles. The monoisotopic (exact) mass is 385 g/mol. The molecule has 4 nitrogen and oxygen atoms in total. The summed E-state index contributed by atoms with van der Waals surface area (Å²) in [5, 5.41) is 1.10. The molecule has 1 unspecified atom stereocenters. The van der Waals surface area contributed by atoms with Gasteiger partial charge in [0, 0.05) is 22.7 Å². The molecule has 0 saturated carbocycles. The molecule has 0 bridgehead atoms. The first kappa shape index (κ1) is 17.1. The van der Waals surface area contributed by atoms with Crippen LogP contribution in [0.15, 0.2) is 48.5 Å². The van der Waals surface area contributed by atoms with Crippen LogP contribution < -0.4 is 0 Å². The molecule has 1 N–H and O–H groups in total. The number of carbonyl (C=O) groups excluding carboxylic acids is 1. The Bertz CT molecular complexity index is 963. The number of nitrogens with zero attached hydrogens (tertiary/aromatic N) is 2. The van der Waals surface area contributed by atoms with Gasteiger partial charge in [-0.15, -0.1) is 0 Å². The summed E-state index contributed by atoms with van der Waals surface area (Å²) in [6.07, 6.45) is 5.16. The topological polar surface area (TPSA) is 49.0 Å². The Labute approximate surface area is 161 Å². The molecule has 1 aromatic heterocycles. The predicted molar refractivity (Wildman–Crippen MR) is 105 cm³/mol. The summed E-state index contributed by atoms with van der Waals surface area (Å²) in [6.45, 7) is 0.721. The van der Waals surface area contributed by atoms with E-state index in [4.69, 9.17) is 23.2 Å². The molecule has 1 saturated heterocycles. The standard InChI is InChI=1S/C20H17Cl2N3O/c21-14-9-7-13(15(22)12-14)8-10-19(26)25-11-3-6-18(25)20-23-16-4-1-2-5-17(16)24-20/h1-2,4-5,7-10,12,18H,3,6,11H2,(H,23,24). The summed E-state index contributed by atoms with van der Waals surface area (Å²) < 4.78 is 0. The SMILES string of the molecule is O=C(C=Cc1ccc(Cl)cc1Cl)N1CCCC1c1nc2ccccc2[nH]1. The molecule has 2 aromatic carbocycles. The third-order valence-corrected chi connectivity index (χ3v) is 5.19. The highest BCUT2D eigenvalue weighted by molar-refractivity contribution is 6.35. The number of rotatable bonds is 3. The fraction of sp³-hybridized carbons (Fsp3) is 0.200. The van der Waals surface area contributed by atoms with Gasteiger partial charge >= 0.3 is 0 Å². The molecule has 2 heterocycles. The van der Waals surface area contributed by atoms with Crippen molar-refractivity contribution in [1.82, 2.24) is 14.9 Å². The molecule has 6 heteroatoms. The molecule has 132 valence electrons. The second-order valence-electron chi connectivity index (χ2n) is 6.33. The average Bonchev–Trinajstić information content (AvgIpc) is 3.27. The summed E-state index contributed by atoms with van der Waals surface area (Å²) in [5.74, 6) is 0.800. The van der Waals surface area contributed by atoms with Gasteiger partial charge in [0.25, 0.3) is 0 Å². The predicted octanol–water partition coefficient (Wildman–Crippen LogP) is 5.25. The Kier molecular flexibility index (Phi) is 4.70. The van der Waals surface area contributed by atoms with Crippen molar-refractivity contribution in [2.75, 3.05) is 6.54 Å². The van der Waals surface area contributed by atoms with Crippen molar-refractivity contribution in [3.63, 3.8) is 0 Å². The van der Waals surface area contributed by atoms with Crippen LogP contribution in [0.2, 0.25) is 10.0 Å². The first-order chi connectivity index (χ1) is 12.6. The number of imidazole rings is 1. The summed E-state index contributed by atoms with van der Waals surface area (Å²) in [6, 6.07) is 13.1. The summed E-state index contributed by atoms with van der Waals surface area (Å²) in [7, 11) is 0. The zero-order valence-electron chi connectivity index (χ0n) is 14.0. The molecule has 4 rings (SSSR count). The Morgan fingerprint density at radius 3 is 2.88 bits per heavy atom. The Balaban J connectivity index is 1.55. The zero-order chi connectivity index (χ0) is 18.1. The summed E-state index contributed by atoms with van der Waals surface area (Å²) in [4.78, 5) is 22.6. The fourth-order valence-electron chi connectivity index (χ4n) is 3.34. The third-order valence-electron chi connectivity index (χ3n) is 4.63. The van der Waals surface area contributed by atoms with Gasteiger partial charge in [0.15, 0.2) is 0 Å². The van der Waals surface area contributed by atoms with Crippen molar-refractivity contribution >= 4 is 46.2 Å². The van der Waals surface area contributed by atoms with Gasteiger partial charge in [0.1, 0.15) is 5.82 Å². The molecule has 1 fully saturated rings. The number of halogens is 2. The molecule has 1 aliphatic heterocycles. The number of fused-ring (bicyclic) bond motifs is 1. The number of para-hydroxylation sites is 2. The van der Waals surface area contributed by atoms with Crippen molar-refractivity contribution in [2.24, 2.45) is 0 Å². The van der Waals surface area contributed by atoms with Gasteiger partial charge in [0.2, 0.25) is 5.91 Å². The first-order valence-electron chi connectivity index (χ1n) is 8.50. The average molecular weight is 386 g/mol. The zero-order valence-corrected chi connectivity index (χ0v) is 15.5. The van der Waals surface area contributed by atoms with E-state index in [2.05, 4.69) is 9.97 Å². The molecule has 0 spiro atoms. The van der Waals surface area contributed by atoms with Gasteiger partial charge in [0.05, 0.1) is 17.1 Å². The highest BCUT2D eigenvalue weighted by Crippen LogP contribution is 2.32. The lowest BCUT2D eigenvalue weighted by atomic mass is 10.2. The highest BCUT2D eigenvalue weighted by Gasteiger charge is 2.31. The number of H-pyrrole nitrogens is 1. The molecule has 3 aromatic rings. The van der Waals surface area contributed by atoms with Crippen LogP contribution in [0.25, 0.3) is 17.1 Å². The van der Waals surface area contributed by atoms with Gasteiger partial charge in [-0.25, -0.2) is 4.98 Å². The fourth-order valence-corrected chi connectivity index (χ4v) is 3.81. The van der Waals surface area contributed by atoms with Crippen molar-refractivity contribution in [3.05, 3.63) is 70.0 Å². The van der Waals surface area contributed by atoms with E-state index in [-0.39, 0.29) is 11.9 Å².